The molecule has 0 saturated heterocycles. The Hall–Kier alpha value is -2.02. The van der Waals surface area contributed by atoms with Crippen LogP contribution in [0.25, 0.3) is 16.3 Å². The molecule has 118 valence electrons. The highest BCUT2D eigenvalue weighted by Crippen LogP contribution is 2.29. The zero-order valence-corrected chi connectivity index (χ0v) is 13.8. The van der Waals surface area contributed by atoms with Crippen LogP contribution in [0.3, 0.4) is 0 Å². The van der Waals surface area contributed by atoms with Gasteiger partial charge in [0, 0.05) is 0 Å². The lowest BCUT2D eigenvalue weighted by Gasteiger charge is -2.07. The summed E-state index contributed by atoms with van der Waals surface area (Å²) in [7, 11) is 0. The number of nitrogens with zero attached hydrogens (tertiary/aromatic N) is 4. The first-order valence-corrected chi connectivity index (χ1v) is 7.58. The van der Waals surface area contributed by atoms with Gasteiger partial charge in [-0.1, -0.05) is 65.1 Å². The smallest absolute Gasteiger partial charge is 0.247 e. The van der Waals surface area contributed by atoms with Crippen molar-refractivity contribution in [3.05, 3.63) is 46.7 Å². The molecule has 6 nitrogen and oxygen atoms in total. The van der Waals surface area contributed by atoms with Gasteiger partial charge >= 0.3 is 0 Å². The third-order valence-electron chi connectivity index (χ3n) is 2.97. The van der Waals surface area contributed by atoms with Crippen molar-refractivity contribution in [2.45, 2.75) is 6.61 Å². The van der Waals surface area contributed by atoms with Crippen molar-refractivity contribution in [1.82, 2.24) is 19.5 Å². The molecule has 23 heavy (non-hydrogen) atoms. The highest BCUT2D eigenvalue weighted by Gasteiger charge is 2.16. The predicted molar refractivity (Wildman–Crippen MR) is 91.3 cm³/mol. The van der Waals surface area contributed by atoms with Crippen LogP contribution in [-0.4, -0.2) is 19.5 Å². The zero-order valence-electron chi connectivity index (χ0n) is 11.6. The number of nitrogen functional groups attached to an aromatic ring is 1. The molecular formula is C14H10Cl3N5O. The molecule has 0 amide bonds. The molecular weight excluding hydrogens is 361 g/mol. The maximum atomic E-state index is 6.04. The largest absolute Gasteiger partial charge is 0.471 e. The Morgan fingerprint density at radius 3 is 2.57 bits per heavy atom. The minimum absolute atomic E-state index is 0.0254. The first kappa shape index (κ1) is 15.9. The number of imidazole rings is 1. The topological polar surface area (TPSA) is 78.9 Å². The molecule has 3 aromatic rings. The summed E-state index contributed by atoms with van der Waals surface area (Å²) in [6.07, 6.45) is 1.42. The number of hydrogen-bond acceptors (Lipinski definition) is 5. The van der Waals surface area contributed by atoms with E-state index in [4.69, 9.17) is 45.3 Å². The van der Waals surface area contributed by atoms with Crippen LogP contribution in [0.4, 0.5) is 5.95 Å². The third kappa shape index (κ3) is 3.34. The molecule has 0 spiro atoms. The fraction of sp³-hybridized carbons (Fsp3) is 0.0714. The van der Waals surface area contributed by atoms with Crippen molar-refractivity contribution in [2.75, 3.05) is 5.73 Å². The first-order chi connectivity index (χ1) is 11.1. The van der Waals surface area contributed by atoms with Gasteiger partial charge in [-0.3, -0.25) is 4.57 Å². The summed E-state index contributed by atoms with van der Waals surface area (Å²) >= 11 is 17.4. The molecule has 9 heteroatoms. The molecule has 0 aliphatic carbocycles. The van der Waals surface area contributed by atoms with Gasteiger partial charge in [-0.25, -0.2) is 4.98 Å². The molecule has 2 heterocycles. The number of hydrogen-bond donors (Lipinski definition) is 1. The minimum Gasteiger partial charge on any atom is -0.471 e. The van der Waals surface area contributed by atoms with Gasteiger partial charge in [0.1, 0.15) is 22.6 Å². The molecule has 0 unspecified atom stereocenters. The van der Waals surface area contributed by atoms with E-state index >= 15 is 0 Å². The number of benzene rings is 1. The van der Waals surface area contributed by atoms with Gasteiger partial charge in [-0.05, 0) is 5.56 Å². The number of ether oxygens (including phenoxy) is 1. The number of anilines is 1. The lowest BCUT2D eigenvalue weighted by molar-refractivity contribution is 0.297. The SMILES string of the molecule is Nc1nc(OCc2ccccc2)c2ncn(C(Cl)=C(Cl)Cl)c2n1. The fourth-order valence-electron chi connectivity index (χ4n) is 1.95. The lowest BCUT2D eigenvalue weighted by atomic mass is 10.2. The fourth-order valence-corrected chi connectivity index (χ4v) is 2.26. The summed E-state index contributed by atoms with van der Waals surface area (Å²) in [6.45, 7) is 0.319. The van der Waals surface area contributed by atoms with E-state index in [2.05, 4.69) is 15.0 Å². The Bertz CT molecular complexity index is 875. The number of nitrogens with two attached hydrogens (primary N) is 1. The average Bonchev–Trinajstić information content (AvgIpc) is 2.96. The Labute approximate surface area is 146 Å². The molecule has 1 aromatic carbocycles. The van der Waals surface area contributed by atoms with Gasteiger partial charge in [0.2, 0.25) is 11.8 Å². The summed E-state index contributed by atoms with van der Waals surface area (Å²) in [5.41, 5.74) is 7.47. The van der Waals surface area contributed by atoms with E-state index < -0.39 is 0 Å². The van der Waals surface area contributed by atoms with Crippen molar-refractivity contribution in [3.63, 3.8) is 0 Å². The molecule has 0 aliphatic heterocycles. The summed E-state index contributed by atoms with van der Waals surface area (Å²) in [5.74, 6) is 0.280. The van der Waals surface area contributed by atoms with E-state index in [1.54, 1.807) is 0 Å². The highest BCUT2D eigenvalue weighted by atomic mass is 35.5. The maximum absolute atomic E-state index is 6.04. The standard InChI is InChI=1S/C14H10Cl3N5O/c15-10(16)11(17)22-7-19-9-12(22)20-14(18)21-13(9)23-6-8-4-2-1-3-5-8/h1-5,7H,6H2,(H2,18,20,21). The monoisotopic (exact) mass is 369 g/mol. The summed E-state index contributed by atoms with van der Waals surface area (Å²) in [4.78, 5) is 12.4. The van der Waals surface area contributed by atoms with Crippen LogP contribution in [0.15, 0.2) is 41.2 Å². The molecule has 0 aliphatic rings. The molecule has 0 fully saturated rings. The van der Waals surface area contributed by atoms with Crippen LogP contribution in [0.1, 0.15) is 5.56 Å². The van der Waals surface area contributed by atoms with Gasteiger partial charge in [0.15, 0.2) is 11.2 Å². The van der Waals surface area contributed by atoms with Gasteiger partial charge in [-0.2, -0.15) is 9.97 Å². The second kappa shape index (κ2) is 6.62. The van der Waals surface area contributed by atoms with E-state index in [0.29, 0.717) is 17.8 Å². The molecule has 0 atom stereocenters. The summed E-state index contributed by atoms with van der Waals surface area (Å²) in [6, 6.07) is 9.64. The van der Waals surface area contributed by atoms with E-state index in [1.165, 1.54) is 10.9 Å². The summed E-state index contributed by atoms with van der Waals surface area (Å²) < 4.78 is 6.99. The van der Waals surface area contributed by atoms with Gasteiger partial charge in [0.25, 0.3) is 0 Å². The molecule has 2 aromatic heterocycles. The number of halogens is 3. The van der Waals surface area contributed by atoms with Crippen molar-refractivity contribution in [1.29, 1.82) is 0 Å². The van der Waals surface area contributed by atoms with Crippen LogP contribution in [-0.2, 0) is 6.61 Å². The quantitative estimate of drug-likeness (QED) is 0.756. The second-order valence-electron chi connectivity index (χ2n) is 4.50. The van der Waals surface area contributed by atoms with Gasteiger partial charge in [-0.15, -0.1) is 0 Å². The van der Waals surface area contributed by atoms with E-state index in [-0.39, 0.29) is 21.5 Å². The third-order valence-corrected chi connectivity index (χ3v) is 3.89. The number of rotatable bonds is 4. The van der Waals surface area contributed by atoms with Gasteiger partial charge < -0.3 is 10.5 Å². The molecule has 0 saturated carbocycles. The Morgan fingerprint density at radius 2 is 1.87 bits per heavy atom. The number of aromatic nitrogens is 4. The van der Waals surface area contributed by atoms with Crippen LogP contribution >= 0.6 is 34.8 Å². The van der Waals surface area contributed by atoms with E-state index in [0.717, 1.165) is 5.56 Å². The lowest BCUT2D eigenvalue weighted by Crippen LogP contribution is -2.03. The van der Waals surface area contributed by atoms with Crippen LogP contribution < -0.4 is 10.5 Å². The molecule has 0 bridgehead atoms. The Balaban J connectivity index is 2.00. The van der Waals surface area contributed by atoms with E-state index in [9.17, 15) is 0 Å². The first-order valence-electron chi connectivity index (χ1n) is 6.44. The van der Waals surface area contributed by atoms with Crippen LogP contribution in [0.5, 0.6) is 5.88 Å². The minimum atomic E-state index is -0.116. The van der Waals surface area contributed by atoms with Crippen molar-refractivity contribution in [3.8, 4) is 5.88 Å². The Morgan fingerprint density at radius 1 is 1.13 bits per heavy atom. The van der Waals surface area contributed by atoms with Crippen molar-refractivity contribution in [2.24, 2.45) is 0 Å². The molecule has 2 N–H and O–H groups in total. The van der Waals surface area contributed by atoms with Gasteiger partial charge in [0.05, 0.1) is 0 Å². The number of fused-ring (bicyclic) bond motifs is 1. The van der Waals surface area contributed by atoms with Crippen molar-refractivity contribution < 1.29 is 4.74 Å². The maximum Gasteiger partial charge on any atom is 0.247 e. The van der Waals surface area contributed by atoms with Crippen LogP contribution in [0.2, 0.25) is 0 Å². The Kier molecular flexibility index (Phi) is 4.56. The normalized spacial score (nSPS) is 10.7. The molecule has 3 rings (SSSR count). The molecule has 0 radical (unpaired) electrons. The van der Waals surface area contributed by atoms with Crippen LogP contribution in [0, 0.1) is 0 Å². The average molecular weight is 371 g/mol. The highest BCUT2D eigenvalue weighted by molar-refractivity contribution is 6.65. The zero-order chi connectivity index (χ0) is 16.4. The summed E-state index contributed by atoms with van der Waals surface area (Å²) in [5, 5.41) is 0.0583. The predicted octanol–water partition coefficient (Wildman–Crippen LogP) is 3.79. The van der Waals surface area contributed by atoms with Crippen molar-refractivity contribution >= 4 is 57.1 Å². The van der Waals surface area contributed by atoms with E-state index in [1.807, 2.05) is 30.3 Å². The second-order valence-corrected chi connectivity index (χ2v) is 5.81.